The molecule has 0 saturated carbocycles. The Kier molecular flexibility index (Phi) is 3.63. The molecule has 0 amide bonds. The molecule has 0 aliphatic carbocycles. The zero-order valence-electron chi connectivity index (χ0n) is 7.30. The molecule has 1 atom stereocenters. The van der Waals surface area contributed by atoms with Crippen LogP contribution in [0.2, 0.25) is 0 Å². The van der Waals surface area contributed by atoms with Gasteiger partial charge in [-0.25, -0.2) is 4.39 Å². The van der Waals surface area contributed by atoms with Gasteiger partial charge in [-0.2, -0.15) is 0 Å². The van der Waals surface area contributed by atoms with Crippen molar-refractivity contribution < 1.29 is 4.39 Å². The Bertz CT molecular complexity index is 303. The van der Waals surface area contributed by atoms with Gasteiger partial charge < -0.3 is 5.73 Å². The van der Waals surface area contributed by atoms with Crippen LogP contribution in [0.5, 0.6) is 0 Å². The van der Waals surface area contributed by atoms with Crippen LogP contribution >= 0.6 is 15.9 Å². The van der Waals surface area contributed by atoms with E-state index in [1.54, 1.807) is 6.92 Å². The standard InChI is InChI=1S/C10H11BrFN/c1-7(13)10(12)6-8-2-4-9(11)5-3-8/h2-7H,13H2,1H3/b10-6-/t7-/m0/s1. The quantitative estimate of drug-likeness (QED) is 0.849. The Morgan fingerprint density at radius 3 is 2.46 bits per heavy atom. The Morgan fingerprint density at radius 1 is 1.46 bits per heavy atom. The minimum Gasteiger partial charge on any atom is -0.322 e. The fourth-order valence-corrected chi connectivity index (χ4v) is 1.11. The Balaban J connectivity index is 2.85. The summed E-state index contributed by atoms with van der Waals surface area (Å²) in [6, 6.07) is 6.84. The first-order valence-corrected chi connectivity index (χ1v) is 4.77. The Morgan fingerprint density at radius 2 is 2.00 bits per heavy atom. The highest BCUT2D eigenvalue weighted by Crippen LogP contribution is 2.14. The van der Waals surface area contributed by atoms with Gasteiger partial charge in [0.25, 0.3) is 0 Å². The zero-order valence-corrected chi connectivity index (χ0v) is 8.88. The number of benzene rings is 1. The van der Waals surface area contributed by atoms with E-state index in [0.29, 0.717) is 0 Å². The van der Waals surface area contributed by atoms with Crippen LogP contribution < -0.4 is 5.73 Å². The van der Waals surface area contributed by atoms with E-state index in [4.69, 9.17) is 5.73 Å². The average Bonchev–Trinajstić information content (AvgIpc) is 2.08. The summed E-state index contributed by atoms with van der Waals surface area (Å²) in [6.45, 7) is 1.62. The summed E-state index contributed by atoms with van der Waals surface area (Å²) in [4.78, 5) is 0. The smallest absolute Gasteiger partial charge is 0.117 e. The van der Waals surface area contributed by atoms with Crippen molar-refractivity contribution in [3.05, 3.63) is 40.1 Å². The van der Waals surface area contributed by atoms with Gasteiger partial charge in [-0.05, 0) is 30.7 Å². The molecule has 0 heterocycles. The maximum Gasteiger partial charge on any atom is 0.117 e. The van der Waals surface area contributed by atoms with E-state index in [-0.39, 0.29) is 5.83 Å². The molecular formula is C10H11BrFN. The van der Waals surface area contributed by atoms with E-state index >= 15 is 0 Å². The van der Waals surface area contributed by atoms with Crippen molar-refractivity contribution in [2.24, 2.45) is 5.73 Å². The van der Waals surface area contributed by atoms with Crippen LogP contribution in [-0.2, 0) is 0 Å². The highest BCUT2D eigenvalue weighted by Gasteiger charge is 2.00. The maximum absolute atomic E-state index is 13.0. The van der Waals surface area contributed by atoms with Crippen molar-refractivity contribution >= 4 is 22.0 Å². The molecule has 2 N–H and O–H groups in total. The van der Waals surface area contributed by atoms with Crippen LogP contribution in [0.15, 0.2) is 34.6 Å². The number of halogens is 2. The van der Waals surface area contributed by atoms with Gasteiger partial charge in [-0.15, -0.1) is 0 Å². The topological polar surface area (TPSA) is 26.0 Å². The normalized spacial score (nSPS) is 14.3. The molecule has 0 aliphatic heterocycles. The number of rotatable bonds is 2. The van der Waals surface area contributed by atoms with Crippen molar-refractivity contribution in [1.82, 2.24) is 0 Å². The van der Waals surface area contributed by atoms with E-state index in [1.165, 1.54) is 6.08 Å². The first-order valence-electron chi connectivity index (χ1n) is 3.98. The second-order valence-electron chi connectivity index (χ2n) is 2.87. The second-order valence-corrected chi connectivity index (χ2v) is 3.79. The molecule has 0 bridgehead atoms. The highest BCUT2D eigenvalue weighted by molar-refractivity contribution is 9.10. The molecule has 0 aromatic heterocycles. The number of hydrogen-bond acceptors (Lipinski definition) is 1. The minimum absolute atomic E-state index is 0.303. The molecular weight excluding hydrogens is 233 g/mol. The van der Waals surface area contributed by atoms with Crippen LogP contribution in [0.1, 0.15) is 12.5 Å². The van der Waals surface area contributed by atoms with Gasteiger partial charge in [0.15, 0.2) is 0 Å². The molecule has 13 heavy (non-hydrogen) atoms. The summed E-state index contributed by atoms with van der Waals surface area (Å²) >= 11 is 3.30. The molecule has 0 unspecified atom stereocenters. The monoisotopic (exact) mass is 243 g/mol. The molecule has 1 aromatic carbocycles. The molecule has 0 spiro atoms. The van der Waals surface area contributed by atoms with Crippen LogP contribution in [-0.4, -0.2) is 6.04 Å². The fraction of sp³-hybridized carbons (Fsp3) is 0.200. The zero-order chi connectivity index (χ0) is 9.84. The summed E-state index contributed by atoms with van der Waals surface area (Å²) < 4.78 is 14.0. The van der Waals surface area contributed by atoms with Gasteiger partial charge in [-0.1, -0.05) is 28.1 Å². The first-order chi connectivity index (χ1) is 6.09. The SMILES string of the molecule is C[C@H](N)/C(F)=C/c1ccc(Br)cc1. The van der Waals surface area contributed by atoms with Crippen molar-refractivity contribution in [1.29, 1.82) is 0 Å². The van der Waals surface area contributed by atoms with E-state index in [0.717, 1.165) is 10.0 Å². The lowest BCUT2D eigenvalue weighted by atomic mass is 10.2. The molecule has 0 fully saturated rings. The van der Waals surface area contributed by atoms with Gasteiger partial charge in [0.05, 0.1) is 6.04 Å². The van der Waals surface area contributed by atoms with Gasteiger partial charge in [0.1, 0.15) is 5.83 Å². The van der Waals surface area contributed by atoms with Gasteiger partial charge in [0, 0.05) is 4.47 Å². The second kappa shape index (κ2) is 4.53. The van der Waals surface area contributed by atoms with Crippen LogP contribution in [0.3, 0.4) is 0 Å². The fourth-order valence-electron chi connectivity index (χ4n) is 0.850. The van der Waals surface area contributed by atoms with Crippen molar-refractivity contribution in [3.8, 4) is 0 Å². The molecule has 0 saturated heterocycles. The number of hydrogen-bond donors (Lipinski definition) is 1. The van der Waals surface area contributed by atoms with Gasteiger partial charge in [0.2, 0.25) is 0 Å². The predicted molar refractivity (Wildman–Crippen MR) is 56.9 cm³/mol. The molecule has 0 aliphatic rings. The summed E-state index contributed by atoms with van der Waals surface area (Å²) in [5, 5.41) is 0. The molecule has 1 aromatic rings. The summed E-state index contributed by atoms with van der Waals surface area (Å²) in [7, 11) is 0. The lowest BCUT2D eigenvalue weighted by molar-refractivity contribution is 0.568. The molecule has 3 heteroatoms. The van der Waals surface area contributed by atoms with E-state index in [9.17, 15) is 4.39 Å². The largest absolute Gasteiger partial charge is 0.322 e. The van der Waals surface area contributed by atoms with Crippen molar-refractivity contribution in [3.63, 3.8) is 0 Å². The molecule has 70 valence electrons. The lowest BCUT2D eigenvalue weighted by Crippen LogP contribution is -2.14. The van der Waals surface area contributed by atoms with Crippen LogP contribution in [0.4, 0.5) is 4.39 Å². The Labute approximate surface area is 85.6 Å². The third-order valence-electron chi connectivity index (χ3n) is 1.61. The Hall–Kier alpha value is -0.670. The maximum atomic E-state index is 13.0. The predicted octanol–water partition coefficient (Wildman–Crippen LogP) is 3.11. The summed E-state index contributed by atoms with van der Waals surface area (Å²) in [6.07, 6.45) is 1.44. The minimum atomic E-state index is -0.538. The average molecular weight is 244 g/mol. The molecule has 0 radical (unpaired) electrons. The third-order valence-corrected chi connectivity index (χ3v) is 2.14. The van der Waals surface area contributed by atoms with E-state index < -0.39 is 6.04 Å². The first kappa shape index (κ1) is 10.4. The molecule has 1 rings (SSSR count). The van der Waals surface area contributed by atoms with Gasteiger partial charge in [-0.3, -0.25) is 0 Å². The summed E-state index contributed by atoms with van der Waals surface area (Å²) in [5.41, 5.74) is 6.18. The van der Waals surface area contributed by atoms with Gasteiger partial charge >= 0.3 is 0 Å². The van der Waals surface area contributed by atoms with Crippen LogP contribution in [0.25, 0.3) is 6.08 Å². The van der Waals surface area contributed by atoms with Crippen LogP contribution in [0, 0.1) is 0 Å². The number of nitrogens with two attached hydrogens (primary N) is 1. The van der Waals surface area contributed by atoms with E-state index in [2.05, 4.69) is 15.9 Å². The van der Waals surface area contributed by atoms with Crippen molar-refractivity contribution in [2.45, 2.75) is 13.0 Å². The van der Waals surface area contributed by atoms with Crippen molar-refractivity contribution in [2.75, 3.05) is 0 Å². The van der Waals surface area contributed by atoms with E-state index in [1.807, 2.05) is 24.3 Å². The lowest BCUT2D eigenvalue weighted by Gasteiger charge is -2.00. The summed E-state index contributed by atoms with van der Waals surface area (Å²) in [5.74, 6) is -0.303. The third kappa shape index (κ3) is 3.28. The molecule has 1 nitrogen and oxygen atoms in total. The highest BCUT2D eigenvalue weighted by atomic mass is 79.9.